The summed E-state index contributed by atoms with van der Waals surface area (Å²) in [6.07, 6.45) is 1.08. The van der Waals surface area contributed by atoms with Crippen LogP contribution in [0.2, 0.25) is 0 Å². The molecule has 1 N–H and O–H groups in total. The van der Waals surface area contributed by atoms with Crippen LogP contribution in [0.5, 0.6) is 0 Å². The fourth-order valence-electron chi connectivity index (χ4n) is 1.35. The first kappa shape index (κ1) is 12.5. The highest BCUT2D eigenvalue weighted by molar-refractivity contribution is 9.10. The molecule has 0 heterocycles. The first-order valence-electron chi connectivity index (χ1n) is 5.32. The van der Waals surface area contributed by atoms with E-state index in [0.29, 0.717) is 0 Å². The molecule has 0 spiro atoms. The number of hydrogen-bond acceptors (Lipinski definition) is 2. The van der Waals surface area contributed by atoms with Gasteiger partial charge in [0.25, 0.3) is 0 Å². The van der Waals surface area contributed by atoms with Crippen molar-refractivity contribution < 1.29 is 4.74 Å². The molecule has 0 saturated heterocycles. The van der Waals surface area contributed by atoms with Crippen molar-refractivity contribution in [1.29, 1.82) is 0 Å². The molecule has 0 aliphatic carbocycles. The van der Waals surface area contributed by atoms with E-state index in [4.69, 9.17) is 4.74 Å². The summed E-state index contributed by atoms with van der Waals surface area (Å²) in [5, 5.41) is 3.37. The van der Waals surface area contributed by atoms with Crippen molar-refractivity contribution in [3.05, 3.63) is 28.2 Å². The molecule has 1 rings (SSSR count). The fourth-order valence-corrected chi connectivity index (χ4v) is 1.96. The Kier molecular flexibility index (Phi) is 5.73. The van der Waals surface area contributed by atoms with Crippen molar-refractivity contribution >= 4 is 21.6 Å². The molecule has 3 heteroatoms. The number of nitrogens with one attached hydrogen (secondary N) is 1. The van der Waals surface area contributed by atoms with Crippen LogP contribution in [0.1, 0.15) is 18.9 Å². The van der Waals surface area contributed by atoms with Gasteiger partial charge in [-0.3, -0.25) is 0 Å². The van der Waals surface area contributed by atoms with Gasteiger partial charge in [-0.15, -0.1) is 0 Å². The Bertz CT molecular complexity index is 281. The van der Waals surface area contributed by atoms with E-state index in [1.54, 1.807) is 0 Å². The van der Waals surface area contributed by atoms with E-state index >= 15 is 0 Å². The van der Waals surface area contributed by atoms with Gasteiger partial charge >= 0.3 is 0 Å². The van der Waals surface area contributed by atoms with E-state index in [0.717, 1.165) is 36.3 Å². The molecule has 0 unspecified atom stereocenters. The summed E-state index contributed by atoms with van der Waals surface area (Å²) in [6, 6.07) is 6.18. The van der Waals surface area contributed by atoms with Crippen LogP contribution in [0.25, 0.3) is 0 Å². The van der Waals surface area contributed by atoms with Crippen molar-refractivity contribution in [2.24, 2.45) is 0 Å². The number of anilines is 1. The van der Waals surface area contributed by atoms with Gasteiger partial charge < -0.3 is 10.1 Å². The lowest BCUT2D eigenvalue weighted by Crippen LogP contribution is -2.10. The minimum absolute atomic E-state index is 0.759. The summed E-state index contributed by atoms with van der Waals surface area (Å²) in [7, 11) is 0. The predicted octanol–water partition coefficient (Wildman–Crippen LogP) is 3.60. The molecule has 2 nitrogen and oxygen atoms in total. The van der Waals surface area contributed by atoms with Crippen molar-refractivity contribution in [3.63, 3.8) is 0 Å². The first-order chi connectivity index (χ1) is 7.25. The number of benzene rings is 1. The van der Waals surface area contributed by atoms with Gasteiger partial charge in [0.05, 0.1) is 12.3 Å². The highest BCUT2D eigenvalue weighted by Crippen LogP contribution is 2.25. The second-order valence-corrected chi connectivity index (χ2v) is 4.33. The Morgan fingerprint density at radius 1 is 1.33 bits per heavy atom. The maximum absolute atomic E-state index is 5.41. The van der Waals surface area contributed by atoms with Gasteiger partial charge in [-0.05, 0) is 40.9 Å². The van der Waals surface area contributed by atoms with E-state index in [2.05, 4.69) is 41.2 Å². The Morgan fingerprint density at radius 2 is 2.13 bits per heavy atom. The first-order valence-corrected chi connectivity index (χ1v) is 6.11. The monoisotopic (exact) mass is 271 g/mol. The summed E-state index contributed by atoms with van der Waals surface area (Å²) in [6.45, 7) is 6.67. The molecular formula is C12H18BrNO. The predicted molar refractivity (Wildman–Crippen MR) is 68.5 cm³/mol. The van der Waals surface area contributed by atoms with Gasteiger partial charge in [-0.2, -0.15) is 0 Å². The largest absolute Gasteiger partial charge is 0.382 e. The van der Waals surface area contributed by atoms with Gasteiger partial charge in [0.1, 0.15) is 0 Å². The molecule has 0 aliphatic rings. The zero-order valence-corrected chi connectivity index (χ0v) is 10.9. The van der Waals surface area contributed by atoms with Crippen LogP contribution in [-0.2, 0) is 4.74 Å². The lowest BCUT2D eigenvalue weighted by molar-refractivity contribution is 0.144. The second-order valence-electron chi connectivity index (χ2n) is 3.47. The molecule has 15 heavy (non-hydrogen) atoms. The van der Waals surface area contributed by atoms with E-state index in [-0.39, 0.29) is 0 Å². The standard InChI is InChI=1S/C12H18BrNO/c1-3-8-15-9-7-14-12-10(2)5-4-6-11(12)13/h4-6,14H,3,7-9H2,1-2H3. The maximum atomic E-state index is 5.41. The molecule has 1 aromatic carbocycles. The zero-order chi connectivity index (χ0) is 11.1. The summed E-state index contributed by atoms with van der Waals surface area (Å²) in [4.78, 5) is 0. The minimum atomic E-state index is 0.759. The van der Waals surface area contributed by atoms with Gasteiger partial charge in [-0.1, -0.05) is 19.1 Å². The van der Waals surface area contributed by atoms with Crippen LogP contribution in [-0.4, -0.2) is 19.8 Å². The highest BCUT2D eigenvalue weighted by atomic mass is 79.9. The number of rotatable bonds is 6. The summed E-state index contributed by atoms with van der Waals surface area (Å²) in [5.41, 5.74) is 2.41. The third-order valence-corrected chi connectivity index (χ3v) is 2.78. The normalized spacial score (nSPS) is 10.3. The third kappa shape index (κ3) is 4.22. The van der Waals surface area contributed by atoms with E-state index < -0.39 is 0 Å². The Labute approximate surface area is 100 Å². The van der Waals surface area contributed by atoms with Crippen LogP contribution in [0.3, 0.4) is 0 Å². The van der Waals surface area contributed by atoms with Gasteiger partial charge in [0, 0.05) is 17.6 Å². The summed E-state index contributed by atoms with van der Waals surface area (Å²) < 4.78 is 6.52. The van der Waals surface area contributed by atoms with E-state index in [1.807, 2.05) is 12.1 Å². The number of halogens is 1. The lowest BCUT2D eigenvalue weighted by atomic mass is 10.2. The average Bonchev–Trinajstić information content (AvgIpc) is 2.21. The summed E-state index contributed by atoms with van der Waals surface area (Å²) >= 11 is 3.53. The van der Waals surface area contributed by atoms with Crippen LogP contribution in [0.4, 0.5) is 5.69 Å². The average molecular weight is 272 g/mol. The number of para-hydroxylation sites is 1. The Hall–Kier alpha value is -0.540. The highest BCUT2D eigenvalue weighted by Gasteiger charge is 2.01. The van der Waals surface area contributed by atoms with Crippen LogP contribution >= 0.6 is 15.9 Å². The van der Waals surface area contributed by atoms with Crippen molar-refractivity contribution in [3.8, 4) is 0 Å². The molecule has 0 atom stereocenters. The van der Waals surface area contributed by atoms with Crippen LogP contribution in [0, 0.1) is 6.92 Å². The maximum Gasteiger partial charge on any atom is 0.0639 e. The number of hydrogen-bond donors (Lipinski definition) is 1. The minimum Gasteiger partial charge on any atom is -0.382 e. The van der Waals surface area contributed by atoms with Crippen molar-refractivity contribution in [1.82, 2.24) is 0 Å². The molecule has 0 saturated carbocycles. The molecule has 0 aromatic heterocycles. The van der Waals surface area contributed by atoms with Crippen molar-refractivity contribution in [2.75, 3.05) is 25.1 Å². The third-order valence-electron chi connectivity index (χ3n) is 2.12. The van der Waals surface area contributed by atoms with Crippen molar-refractivity contribution in [2.45, 2.75) is 20.3 Å². The van der Waals surface area contributed by atoms with E-state index in [9.17, 15) is 0 Å². The molecule has 0 bridgehead atoms. The number of ether oxygens (including phenoxy) is 1. The molecule has 0 fully saturated rings. The van der Waals surface area contributed by atoms with E-state index in [1.165, 1.54) is 5.56 Å². The lowest BCUT2D eigenvalue weighted by Gasteiger charge is -2.11. The number of aryl methyl sites for hydroxylation is 1. The quantitative estimate of drug-likeness (QED) is 0.799. The zero-order valence-electron chi connectivity index (χ0n) is 9.35. The fraction of sp³-hybridized carbons (Fsp3) is 0.500. The molecule has 0 radical (unpaired) electrons. The van der Waals surface area contributed by atoms with Gasteiger partial charge in [-0.25, -0.2) is 0 Å². The summed E-state index contributed by atoms with van der Waals surface area (Å²) in [5.74, 6) is 0. The van der Waals surface area contributed by atoms with Gasteiger partial charge in [0.15, 0.2) is 0 Å². The van der Waals surface area contributed by atoms with Gasteiger partial charge in [0.2, 0.25) is 0 Å². The molecule has 0 aliphatic heterocycles. The molecule has 1 aromatic rings. The molecule has 0 amide bonds. The van der Waals surface area contributed by atoms with Crippen LogP contribution in [0.15, 0.2) is 22.7 Å². The smallest absolute Gasteiger partial charge is 0.0639 e. The molecular weight excluding hydrogens is 254 g/mol. The second kappa shape index (κ2) is 6.85. The molecule has 84 valence electrons. The SMILES string of the molecule is CCCOCCNc1c(C)cccc1Br. The Morgan fingerprint density at radius 3 is 2.80 bits per heavy atom. The Balaban J connectivity index is 2.37. The topological polar surface area (TPSA) is 21.3 Å². The van der Waals surface area contributed by atoms with Crippen LogP contribution < -0.4 is 5.32 Å².